The molecule has 0 atom stereocenters. The van der Waals surface area contributed by atoms with E-state index in [2.05, 4.69) is 9.47 Å². The molecule has 5 heteroatoms. The lowest BCUT2D eigenvalue weighted by Gasteiger charge is -1.96. The van der Waals surface area contributed by atoms with Gasteiger partial charge >= 0.3 is 11.9 Å². The van der Waals surface area contributed by atoms with E-state index in [4.69, 9.17) is 0 Å². The average molecular weight is 180 g/mol. The molecule has 0 aliphatic carbocycles. The molecule has 0 bridgehead atoms. The molecule has 11 heavy (non-hydrogen) atoms. The molecule has 66 valence electrons. The van der Waals surface area contributed by atoms with Crippen LogP contribution in [-0.4, -0.2) is 26.2 Å². The zero-order chi connectivity index (χ0) is 7.98. The van der Waals surface area contributed by atoms with Crippen LogP contribution in [0.5, 0.6) is 0 Å². The molecule has 0 amide bonds. The molecule has 0 aromatic carbocycles. The van der Waals surface area contributed by atoms with E-state index in [0.717, 1.165) is 0 Å². The topological polar surface area (TPSA) is 52.6 Å². The minimum Gasteiger partial charge on any atom is -0.469 e. The molecular weight excluding hydrogens is 168 g/mol. The first kappa shape index (κ1) is 12.9. The number of ether oxygens (including phenoxy) is 2. The first-order chi connectivity index (χ1) is 4.70. The molecule has 0 aromatic heterocycles. The van der Waals surface area contributed by atoms with E-state index in [1.807, 2.05) is 0 Å². The maximum atomic E-state index is 10.4. The molecule has 0 aromatic rings. The molecule has 0 saturated carbocycles. The van der Waals surface area contributed by atoms with Crippen molar-refractivity contribution in [3.05, 3.63) is 0 Å². The number of rotatable bonds is 3. The summed E-state index contributed by atoms with van der Waals surface area (Å²) < 4.78 is 8.60. The Morgan fingerprint density at radius 1 is 1.00 bits per heavy atom. The lowest BCUT2D eigenvalue weighted by atomic mass is 10.3. The SMILES string of the molecule is COC(=O)CCC(=O)OC.S. The van der Waals surface area contributed by atoms with E-state index >= 15 is 0 Å². The lowest BCUT2D eigenvalue weighted by molar-refractivity contribution is -0.147. The number of carbonyl (C=O) groups is 2. The van der Waals surface area contributed by atoms with Crippen molar-refractivity contribution in [1.82, 2.24) is 0 Å². The zero-order valence-electron chi connectivity index (χ0n) is 6.55. The van der Waals surface area contributed by atoms with Crippen LogP contribution in [0.25, 0.3) is 0 Å². The highest BCUT2D eigenvalue weighted by Gasteiger charge is 2.04. The smallest absolute Gasteiger partial charge is 0.306 e. The monoisotopic (exact) mass is 180 g/mol. The van der Waals surface area contributed by atoms with Crippen LogP contribution in [0.4, 0.5) is 0 Å². The van der Waals surface area contributed by atoms with E-state index in [-0.39, 0.29) is 26.3 Å². The van der Waals surface area contributed by atoms with E-state index in [1.165, 1.54) is 14.2 Å². The van der Waals surface area contributed by atoms with Gasteiger partial charge in [0.1, 0.15) is 0 Å². The van der Waals surface area contributed by atoms with E-state index < -0.39 is 11.9 Å². The van der Waals surface area contributed by atoms with Gasteiger partial charge in [-0.2, -0.15) is 13.5 Å². The fourth-order valence-electron chi connectivity index (χ4n) is 0.408. The van der Waals surface area contributed by atoms with Gasteiger partial charge in [0, 0.05) is 0 Å². The van der Waals surface area contributed by atoms with Gasteiger partial charge in [0.2, 0.25) is 0 Å². The first-order valence-corrected chi connectivity index (χ1v) is 2.84. The summed E-state index contributed by atoms with van der Waals surface area (Å²) in [5, 5.41) is 0. The zero-order valence-corrected chi connectivity index (χ0v) is 7.55. The largest absolute Gasteiger partial charge is 0.469 e. The molecule has 4 nitrogen and oxygen atoms in total. The van der Waals surface area contributed by atoms with Crippen LogP contribution in [0, 0.1) is 0 Å². The quantitative estimate of drug-likeness (QED) is 0.583. The highest BCUT2D eigenvalue weighted by Crippen LogP contribution is 1.92. The molecule has 0 unspecified atom stereocenters. The Hall–Kier alpha value is -0.710. The molecule has 0 N–H and O–H groups in total. The molecule has 0 radical (unpaired) electrons. The summed E-state index contributed by atoms with van der Waals surface area (Å²) in [6, 6.07) is 0. The van der Waals surface area contributed by atoms with Gasteiger partial charge in [-0.05, 0) is 0 Å². The molecule has 0 rings (SSSR count). The van der Waals surface area contributed by atoms with Crippen LogP contribution in [-0.2, 0) is 19.1 Å². The highest BCUT2D eigenvalue weighted by atomic mass is 32.1. The minimum atomic E-state index is -0.398. The second kappa shape index (κ2) is 7.40. The van der Waals surface area contributed by atoms with Gasteiger partial charge in [0.25, 0.3) is 0 Å². The third-order valence-corrected chi connectivity index (χ3v) is 0.989. The number of hydrogen-bond acceptors (Lipinski definition) is 4. The Morgan fingerprint density at radius 2 is 1.27 bits per heavy atom. The van der Waals surface area contributed by atoms with E-state index in [9.17, 15) is 9.59 Å². The predicted octanol–water partition coefficient (Wildman–Crippen LogP) is 0.225. The first-order valence-electron chi connectivity index (χ1n) is 2.84. The number of carbonyl (C=O) groups excluding carboxylic acids is 2. The van der Waals surface area contributed by atoms with Gasteiger partial charge in [0.15, 0.2) is 0 Å². The van der Waals surface area contributed by atoms with Crippen molar-refractivity contribution in [2.45, 2.75) is 12.8 Å². The normalized spacial score (nSPS) is 7.82. The number of esters is 2. The molecule has 0 spiro atoms. The van der Waals surface area contributed by atoms with Crippen LogP contribution in [0.15, 0.2) is 0 Å². The Morgan fingerprint density at radius 3 is 1.45 bits per heavy atom. The van der Waals surface area contributed by atoms with E-state index in [0.29, 0.717) is 0 Å². The van der Waals surface area contributed by atoms with Crippen LogP contribution in [0.1, 0.15) is 12.8 Å². The molecule has 0 aliphatic rings. The van der Waals surface area contributed by atoms with Crippen LogP contribution in [0.3, 0.4) is 0 Å². The summed E-state index contributed by atoms with van der Waals surface area (Å²) in [6.07, 6.45) is 0.173. The Kier molecular flexibility index (Phi) is 8.69. The summed E-state index contributed by atoms with van der Waals surface area (Å²) in [5.41, 5.74) is 0. The summed E-state index contributed by atoms with van der Waals surface area (Å²) in [4.78, 5) is 20.8. The Bertz CT molecular complexity index is 119. The third-order valence-electron chi connectivity index (χ3n) is 0.989. The highest BCUT2D eigenvalue weighted by molar-refractivity contribution is 7.59. The van der Waals surface area contributed by atoms with Gasteiger partial charge in [0.05, 0.1) is 27.1 Å². The molecular formula is C6H12O4S. The fraction of sp³-hybridized carbons (Fsp3) is 0.667. The lowest BCUT2D eigenvalue weighted by Crippen LogP contribution is -2.06. The minimum absolute atomic E-state index is 0. The number of methoxy groups -OCH3 is 2. The summed E-state index contributed by atoms with van der Waals surface area (Å²) in [6.45, 7) is 0. The van der Waals surface area contributed by atoms with Gasteiger partial charge < -0.3 is 9.47 Å². The van der Waals surface area contributed by atoms with Gasteiger partial charge in [-0.3, -0.25) is 9.59 Å². The molecule has 0 heterocycles. The Balaban J connectivity index is 0. The number of hydrogen-bond donors (Lipinski definition) is 0. The Labute approximate surface area is 72.3 Å². The van der Waals surface area contributed by atoms with Gasteiger partial charge in [-0.15, -0.1) is 0 Å². The molecule has 0 aliphatic heterocycles. The maximum Gasteiger partial charge on any atom is 0.306 e. The summed E-state index contributed by atoms with van der Waals surface area (Å²) >= 11 is 0. The van der Waals surface area contributed by atoms with Crippen LogP contribution < -0.4 is 0 Å². The predicted molar refractivity (Wildman–Crippen MR) is 43.6 cm³/mol. The second-order valence-corrected chi connectivity index (χ2v) is 1.65. The van der Waals surface area contributed by atoms with Crippen LogP contribution >= 0.6 is 13.5 Å². The van der Waals surface area contributed by atoms with E-state index in [1.54, 1.807) is 0 Å². The van der Waals surface area contributed by atoms with Crippen LogP contribution in [0.2, 0.25) is 0 Å². The van der Waals surface area contributed by atoms with Crippen molar-refractivity contribution in [2.75, 3.05) is 14.2 Å². The second-order valence-electron chi connectivity index (χ2n) is 1.65. The van der Waals surface area contributed by atoms with Crippen molar-refractivity contribution >= 4 is 25.4 Å². The third kappa shape index (κ3) is 7.18. The van der Waals surface area contributed by atoms with Crippen molar-refractivity contribution in [1.29, 1.82) is 0 Å². The molecule has 0 saturated heterocycles. The molecule has 0 fully saturated rings. The summed E-state index contributed by atoms with van der Waals surface area (Å²) in [7, 11) is 2.55. The van der Waals surface area contributed by atoms with Crippen molar-refractivity contribution < 1.29 is 19.1 Å². The van der Waals surface area contributed by atoms with Crippen molar-refractivity contribution in [2.24, 2.45) is 0 Å². The van der Waals surface area contributed by atoms with Crippen molar-refractivity contribution in [3.63, 3.8) is 0 Å². The van der Waals surface area contributed by atoms with Gasteiger partial charge in [-0.1, -0.05) is 0 Å². The fourth-order valence-corrected chi connectivity index (χ4v) is 0.408. The van der Waals surface area contributed by atoms with Gasteiger partial charge in [-0.25, -0.2) is 0 Å². The maximum absolute atomic E-state index is 10.4. The van der Waals surface area contributed by atoms with Crippen molar-refractivity contribution in [3.8, 4) is 0 Å². The average Bonchev–Trinajstić information content (AvgIpc) is 1.99. The summed E-state index contributed by atoms with van der Waals surface area (Å²) in [5.74, 6) is -0.796. The standard InChI is InChI=1S/C6H10O4.H2S/c1-9-5(7)3-4-6(8)10-2;/h3-4H2,1-2H3;1H2.